The van der Waals surface area contributed by atoms with E-state index in [-0.39, 0.29) is 24.4 Å². The molecule has 1 aliphatic heterocycles. The molecule has 5 heteroatoms. The Kier molecular flexibility index (Phi) is 3.70. The van der Waals surface area contributed by atoms with Gasteiger partial charge in [-0.05, 0) is 13.3 Å². The third-order valence-electron chi connectivity index (χ3n) is 2.17. The molecule has 0 saturated carbocycles. The van der Waals surface area contributed by atoms with E-state index in [0.29, 0.717) is 6.61 Å². The van der Waals surface area contributed by atoms with Crippen LogP contribution in [0.1, 0.15) is 20.3 Å². The van der Waals surface area contributed by atoms with Crippen molar-refractivity contribution in [3.63, 3.8) is 0 Å². The van der Waals surface area contributed by atoms with Crippen molar-refractivity contribution in [2.45, 2.75) is 26.4 Å². The highest BCUT2D eigenvalue weighted by Crippen LogP contribution is 2.24. The summed E-state index contributed by atoms with van der Waals surface area (Å²) in [5.41, 5.74) is 0. The minimum atomic E-state index is -3.31. The first-order valence-electron chi connectivity index (χ1n) is 4.57. The lowest BCUT2D eigenvalue weighted by Crippen LogP contribution is -2.43. The molecule has 0 amide bonds. The Morgan fingerprint density at radius 3 is 2.54 bits per heavy atom. The second kappa shape index (κ2) is 4.39. The maximum Gasteiger partial charge on any atom is 0.267 e. The molecular formula is C8H16O4S. The zero-order valence-electron chi connectivity index (χ0n) is 8.02. The summed E-state index contributed by atoms with van der Waals surface area (Å²) in [4.78, 5) is 0. The Bertz CT molecular complexity index is 245. The molecule has 1 heterocycles. The van der Waals surface area contributed by atoms with Gasteiger partial charge in [0.15, 0.2) is 0 Å². The van der Waals surface area contributed by atoms with Gasteiger partial charge < -0.3 is 4.74 Å². The summed E-state index contributed by atoms with van der Waals surface area (Å²) in [5, 5.41) is 0. The van der Waals surface area contributed by atoms with Crippen LogP contribution in [0.25, 0.3) is 0 Å². The van der Waals surface area contributed by atoms with Crippen LogP contribution < -0.4 is 0 Å². The van der Waals surface area contributed by atoms with E-state index in [9.17, 15) is 8.42 Å². The summed E-state index contributed by atoms with van der Waals surface area (Å²) in [6.45, 7) is 4.42. The fourth-order valence-corrected chi connectivity index (χ4v) is 2.76. The molecule has 0 spiro atoms. The molecule has 0 N–H and O–H groups in total. The Morgan fingerprint density at radius 1 is 1.46 bits per heavy atom. The minimum Gasteiger partial charge on any atom is -0.377 e. The SMILES string of the molecule is CCOS(=O)(=O)CC1COC1CC. The molecule has 1 rings (SSSR count). The van der Waals surface area contributed by atoms with Crippen LogP contribution in [-0.4, -0.2) is 33.5 Å². The third kappa shape index (κ3) is 2.93. The Labute approximate surface area is 79.3 Å². The van der Waals surface area contributed by atoms with Crippen LogP contribution in [0.5, 0.6) is 0 Å². The Balaban J connectivity index is 2.40. The van der Waals surface area contributed by atoms with Gasteiger partial charge in [0.05, 0.1) is 25.1 Å². The van der Waals surface area contributed by atoms with Gasteiger partial charge in [-0.15, -0.1) is 0 Å². The van der Waals surface area contributed by atoms with Gasteiger partial charge in [0.1, 0.15) is 0 Å². The van der Waals surface area contributed by atoms with E-state index in [2.05, 4.69) is 4.18 Å². The van der Waals surface area contributed by atoms with Gasteiger partial charge in [-0.1, -0.05) is 6.92 Å². The van der Waals surface area contributed by atoms with E-state index < -0.39 is 10.1 Å². The van der Waals surface area contributed by atoms with Crippen LogP contribution in [0.15, 0.2) is 0 Å². The van der Waals surface area contributed by atoms with E-state index in [1.54, 1.807) is 6.92 Å². The zero-order chi connectivity index (χ0) is 9.90. The molecule has 0 aromatic rings. The van der Waals surface area contributed by atoms with Gasteiger partial charge in [0, 0.05) is 5.92 Å². The van der Waals surface area contributed by atoms with Crippen molar-refractivity contribution in [3.05, 3.63) is 0 Å². The molecule has 0 bridgehead atoms. The predicted octanol–water partition coefficient (Wildman–Crippen LogP) is 0.778. The molecule has 1 fully saturated rings. The van der Waals surface area contributed by atoms with E-state index >= 15 is 0 Å². The second-order valence-electron chi connectivity index (χ2n) is 3.17. The van der Waals surface area contributed by atoms with Crippen LogP contribution in [0, 0.1) is 5.92 Å². The number of rotatable bonds is 5. The molecule has 0 aliphatic carbocycles. The molecule has 78 valence electrons. The van der Waals surface area contributed by atoms with Crippen LogP contribution in [0.3, 0.4) is 0 Å². The fraction of sp³-hybridized carbons (Fsp3) is 1.00. The molecule has 0 radical (unpaired) electrons. The first kappa shape index (κ1) is 10.9. The molecule has 13 heavy (non-hydrogen) atoms. The van der Waals surface area contributed by atoms with Gasteiger partial charge >= 0.3 is 0 Å². The van der Waals surface area contributed by atoms with Crippen molar-refractivity contribution in [2.75, 3.05) is 19.0 Å². The topological polar surface area (TPSA) is 52.6 Å². The predicted molar refractivity (Wildman–Crippen MR) is 48.9 cm³/mol. The maximum absolute atomic E-state index is 11.2. The van der Waals surface area contributed by atoms with Crippen molar-refractivity contribution in [2.24, 2.45) is 5.92 Å². The number of hydrogen-bond acceptors (Lipinski definition) is 4. The first-order valence-corrected chi connectivity index (χ1v) is 6.15. The lowest BCUT2D eigenvalue weighted by atomic mass is 9.98. The highest BCUT2D eigenvalue weighted by atomic mass is 32.2. The minimum absolute atomic E-state index is 0.0966. The smallest absolute Gasteiger partial charge is 0.267 e. The van der Waals surface area contributed by atoms with Gasteiger partial charge in [-0.25, -0.2) is 0 Å². The molecule has 1 saturated heterocycles. The van der Waals surface area contributed by atoms with Crippen molar-refractivity contribution < 1.29 is 17.3 Å². The second-order valence-corrected chi connectivity index (χ2v) is 4.86. The standard InChI is InChI=1S/C8H16O4S/c1-3-8-7(5-11-8)6-13(9,10)12-4-2/h7-8H,3-6H2,1-2H3. The van der Waals surface area contributed by atoms with Gasteiger partial charge in [-0.2, -0.15) is 8.42 Å². The van der Waals surface area contributed by atoms with Crippen molar-refractivity contribution >= 4 is 10.1 Å². The van der Waals surface area contributed by atoms with Gasteiger partial charge in [0.2, 0.25) is 0 Å². The summed E-state index contributed by atoms with van der Waals surface area (Å²) < 4.78 is 32.3. The average molecular weight is 208 g/mol. The van der Waals surface area contributed by atoms with Crippen LogP contribution in [-0.2, 0) is 19.0 Å². The summed E-state index contributed by atoms with van der Waals surface area (Å²) >= 11 is 0. The van der Waals surface area contributed by atoms with Crippen LogP contribution >= 0.6 is 0 Å². The van der Waals surface area contributed by atoms with Crippen molar-refractivity contribution in [1.29, 1.82) is 0 Å². The third-order valence-corrected chi connectivity index (χ3v) is 3.60. The average Bonchev–Trinajstić information content (AvgIpc) is 1.99. The van der Waals surface area contributed by atoms with Crippen molar-refractivity contribution in [1.82, 2.24) is 0 Å². The summed E-state index contributed by atoms with van der Waals surface area (Å²) in [6, 6.07) is 0. The largest absolute Gasteiger partial charge is 0.377 e. The van der Waals surface area contributed by atoms with E-state index in [1.165, 1.54) is 0 Å². The molecule has 2 atom stereocenters. The number of ether oxygens (including phenoxy) is 1. The zero-order valence-corrected chi connectivity index (χ0v) is 8.84. The highest BCUT2D eigenvalue weighted by Gasteiger charge is 2.34. The summed E-state index contributed by atoms with van der Waals surface area (Å²) in [6.07, 6.45) is 0.974. The Morgan fingerprint density at radius 2 is 2.15 bits per heavy atom. The summed E-state index contributed by atoms with van der Waals surface area (Å²) in [5.74, 6) is 0.223. The highest BCUT2D eigenvalue weighted by molar-refractivity contribution is 7.86. The van der Waals surface area contributed by atoms with Gasteiger partial charge in [0.25, 0.3) is 10.1 Å². The normalized spacial score (nSPS) is 28.5. The van der Waals surface area contributed by atoms with E-state index in [4.69, 9.17) is 4.74 Å². The lowest BCUT2D eigenvalue weighted by molar-refractivity contribution is -0.105. The van der Waals surface area contributed by atoms with Crippen LogP contribution in [0.2, 0.25) is 0 Å². The van der Waals surface area contributed by atoms with E-state index in [1.807, 2.05) is 6.92 Å². The first-order chi connectivity index (χ1) is 6.09. The fourth-order valence-electron chi connectivity index (χ4n) is 1.46. The molecule has 4 nitrogen and oxygen atoms in total. The molecular weight excluding hydrogens is 192 g/mol. The van der Waals surface area contributed by atoms with Crippen LogP contribution in [0.4, 0.5) is 0 Å². The maximum atomic E-state index is 11.2. The quantitative estimate of drug-likeness (QED) is 0.626. The van der Waals surface area contributed by atoms with Gasteiger partial charge in [-0.3, -0.25) is 4.18 Å². The number of hydrogen-bond donors (Lipinski definition) is 0. The molecule has 1 aliphatic rings. The monoisotopic (exact) mass is 208 g/mol. The van der Waals surface area contributed by atoms with Crippen molar-refractivity contribution in [3.8, 4) is 0 Å². The molecule has 0 aromatic carbocycles. The van der Waals surface area contributed by atoms with E-state index in [0.717, 1.165) is 6.42 Å². The lowest BCUT2D eigenvalue weighted by Gasteiger charge is -2.35. The molecule has 2 unspecified atom stereocenters. The summed E-state index contributed by atoms with van der Waals surface area (Å²) in [7, 11) is -3.31. The Hall–Kier alpha value is -0.130. The molecule has 0 aromatic heterocycles.